The van der Waals surface area contributed by atoms with Crippen LogP contribution in [0.25, 0.3) is 0 Å². The predicted octanol–water partition coefficient (Wildman–Crippen LogP) is 0.617. The number of rotatable bonds is 5. The molecule has 0 spiro atoms. The fraction of sp³-hybridized carbons (Fsp3) is 0.833. The number of carbonyl (C=O) groups is 2. The normalized spacial score (nSPS) is 19.4. The van der Waals surface area contributed by atoms with Gasteiger partial charge in [-0.05, 0) is 19.8 Å². The predicted molar refractivity (Wildman–Crippen MR) is 66.2 cm³/mol. The molecule has 1 rings (SSSR count). The van der Waals surface area contributed by atoms with Crippen molar-refractivity contribution in [3.8, 4) is 0 Å². The van der Waals surface area contributed by atoms with Gasteiger partial charge in [0.15, 0.2) is 0 Å². The molecule has 0 aromatic carbocycles. The number of hydrogen-bond acceptors (Lipinski definition) is 4. The number of likely N-dealkylation sites (tertiary alicyclic amines) is 1. The van der Waals surface area contributed by atoms with Gasteiger partial charge in [0.2, 0.25) is 5.91 Å². The van der Waals surface area contributed by atoms with Gasteiger partial charge in [0.05, 0.1) is 19.1 Å². The molecule has 1 atom stereocenters. The van der Waals surface area contributed by atoms with E-state index in [1.165, 1.54) is 0 Å². The molecule has 0 saturated carbocycles. The topological polar surface area (TPSA) is 67.9 Å². The summed E-state index contributed by atoms with van der Waals surface area (Å²) in [5.74, 6) is -0.152. The molecule has 1 fully saturated rings. The average molecular weight is 258 g/mol. The van der Waals surface area contributed by atoms with E-state index in [0.717, 1.165) is 12.8 Å². The molecule has 0 aromatic rings. The molecule has 0 radical (unpaired) electrons. The molecule has 18 heavy (non-hydrogen) atoms. The smallest absolute Gasteiger partial charge is 0.409 e. The number of ether oxygens (including phenoxy) is 2. The van der Waals surface area contributed by atoms with Gasteiger partial charge in [0, 0.05) is 26.7 Å². The number of piperidine rings is 1. The Morgan fingerprint density at radius 2 is 2.22 bits per heavy atom. The Balaban J connectivity index is 2.38. The molecule has 1 aliphatic heterocycles. The number of amides is 2. The zero-order chi connectivity index (χ0) is 13.4. The summed E-state index contributed by atoms with van der Waals surface area (Å²) >= 11 is 0. The Morgan fingerprint density at radius 1 is 1.44 bits per heavy atom. The number of nitrogens with one attached hydrogen (secondary N) is 1. The maximum absolute atomic E-state index is 11.9. The van der Waals surface area contributed by atoms with Gasteiger partial charge in [-0.3, -0.25) is 4.79 Å². The van der Waals surface area contributed by atoms with Crippen LogP contribution >= 0.6 is 0 Å². The number of hydrogen-bond donors (Lipinski definition) is 1. The zero-order valence-electron chi connectivity index (χ0n) is 11.1. The van der Waals surface area contributed by atoms with Crippen molar-refractivity contribution in [2.75, 3.05) is 40.0 Å². The summed E-state index contributed by atoms with van der Waals surface area (Å²) in [5, 5.41) is 2.80. The van der Waals surface area contributed by atoms with E-state index in [4.69, 9.17) is 9.47 Å². The molecule has 1 unspecified atom stereocenters. The van der Waals surface area contributed by atoms with Crippen LogP contribution in [0.1, 0.15) is 19.8 Å². The Labute approximate surface area is 108 Å². The molecule has 104 valence electrons. The van der Waals surface area contributed by atoms with E-state index in [-0.39, 0.29) is 17.9 Å². The maximum atomic E-state index is 11.9. The molecule has 6 heteroatoms. The molecule has 1 aliphatic rings. The largest absolute Gasteiger partial charge is 0.450 e. The first kappa shape index (κ1) is 14.8. The lowest BCUT2D eigenvalue weighted by Gasteiger charge is -2.31. The van der Waals surface area contributed by atoms with E-state index >= 15 is 0 Å². The molecule has 6 nitrogen and oxygen atoms in total. The van der Waals surface area contributed by atoms with Crippen molar-refractivity contribution in [1.82, 2.24) is 10.2 Å². The minimum Gasteiger partial charge on any atom is -0.450 e. The highest BCUT2D eigenvalue weighted by Crippen LogP contribution is 2.17. The van der Waals surface area contributed by atoms with Crippen molar-refractivity contribution >= 4 is 12.0 Å². The van der Waals surface area contributed by atoms with Crippen LogP contribution in [0.4, 0.5) is 4.79 Å². The van der Waals surface area contributed by atoms with Crippen molar-refractivity contribution in [3.05, 3.63) is 0 Å². The van der Waals surface area contributed by atoms with Crippen LogP contribution in [-0.4, -0.2) is 56.9 Å². The van der Waals surface area contributed by atoms with E-state index < -0.39 is 0 Å². The second-order valence-corrected chi connectivity index (χ2v) is 4.27. The lowest BCUT2D eigenvalue weighted by Crippen LogP contribution is -2.46. The molecule has 1 N–H and O–H groups in total. The second kappa shape index (κ2) is 7.92. The molecule has 0 bridgehead atoms. The fourth-order valence-electron chi connectivity index (χ4n) is 1.99. The highest BCUT2D eigenvalue weighted by molar-refractivity contribution is 5.79. The van der Waals surface area contributed by atoms with Crippen LogP contribution < -0.4 is 5.32 Å². The van der Waals surface area contributed by atoms with Crippen LogP contribution in [0.3, 0.4) is 0 Å². The second-order valence-electron chi connectivity index (χ2n) is 4.27. The monoisotopic (exact) mass is 258 g/mol. The van der Waals surface area contributed by atoms with Crippen molar-refractivity contribution in [1.29, 1.82) is 0 Å². The van der Waals surface area contributed by atoms with E-state index in [9.17, 15) is 9.59 Å². The zero-order valence-corrected chi connectivity index (χ0v) is 11.1. The Morgan fingerprint density at radius 3 is 2.89 bits per heavy atom. The van der Waals surface area contributed by atoms with Gasteiger partial charge in [-0.1, -0.05) is 0 Å². The summed E-state index contributed by atoms with van der Waals surface area (Å²) in [4.78, 5) is 25.0. The molecule has 1 saturated heterocycles. The van der Waals surface area contributed by atoms with Crippen LogP contribution in [0.15, 0.2) is 0 Å². The molecule has 2 amide bonds. The molecular formula is C12H22N2O4. The first-order valence-corrected chi connectivity index (χ1v) is 6.37. The first-order valence-electron chi connectivity index (χ1n) is 6.37. The van der Waals surface area contributed by atoms with Gasteiger partial charge in [0.1, 0.15) is 0 Å². The Hall–Kier alpha value is -1.30. The van der Waals surface area contributed by atoms with Crippen molar-refractivity contribution < 1.29 is 19.1 Å². The summed E-state index contributed by atoms with van der Waals surface area (Å²) in [7, 11) is 1.59. The van der Waals surface area contributed by atoms with Crippen LogP contribution in [0, 0.1) is 5.92 Å². The van der Waals surface area contributed by atoms with Gasteiger partial charge < -0.3 is 19.7 Å². The summed E-state index contributed by atoms with van der Waals surface area (Å²) in [6, 6.07) is 0. The summed E-state index contributed by atoms with van der Waals surface area (Å²) in [6.07, 6.45) is 1.32. The number of carbonyl (C=O) groups excluding carboxylic acids is 2. The van der Waals surface area contributed by atoms with Crippen molar-refractivity contribution in [2.45, 2.75) is 19.8 Å². The van der Waals surface area contributed by atoms with Gasteiger partial charge in [0.25, 0.3) is 0 Å². The Bertz CT molecular complexity index is 283. The van der Waals surface area contributed by atoms with Gasteiger partial charge >= 0.3 is 6.09 Å². The van der Waals surface area contributed by atoms with Crippen molar-refractivity contribution in [2.24, 2.45) is 5.92 Å². The molecule has 0 aromatic heterocycles. The third-order valence-corrected chi connectivity index (χ3v) is 2.92. The quantitative estimate of drug-likeness (QED) is 0.734. The maximum Gasteiger partial charge on any atom is 0.409 e. The lowest BCUT2D eigenvalue weighted by atomic mass is 9.97. The highest BCUT2D eigenvalue weighted by Gasteiger charge is 2.28. The fourth-order valence-corrected chi connectivity index (χ4v) is 1.99. The summed E-state index contributed by atoms with van der Waals surface area (Å²) < 4.78 is 9.81. The van der Waals surface area contributed by atoms with Crippen molar-refractivity contribution in [3.63, 3.8) is 0 Å². The summed E-state index contributed by atoms with van der Waals surface area (Å²) in [5.41, 5.74) is 0. The standard InChI is InChI=1S/C12H22N2O4/c1-3-18-12(16)14-7-4-5-10(9-14)11(15)13-6-8-17-2/h10H,3-9H2,1-2H3,(H,13,15). The number of nitrogens with zero attached hydrogens (tertiary/aromatic N) is 1. The van der Waals surface area contributed by atoms with E-state index in [0.29, 0.717) is 32.8 Å². The molecular weight excluding hydrogens is 236 g/mol. The van der Waals surface area contributed by atoms with Gasteiger partial charge in [-0.15, -0.1) is 0 Å². The van der Waals surface area contributed by atoms with E-state index in [1.54, 1.807) is 18.9 Å². The lowest BCUT2D eigenvalue weighted by molar-refractivity contribution is -0.126. The third kappa shape index (κ3) is 4.52. The molecule has 0 aliphatic carbocycles. The minimum atomic E-state index is -0.327. The third-order valence-electron chi connectivity index (χ3n) is 2.92. The Kier molecular flexibility index (Phi) is 6.49. The number of methoxy groups -OCH3 is 1. The van der Waals surface area contributed by atoms with Crippen LogP contribution in [0.2, 0.25) is 0 Å². The SMILES string of the molecule is CCOC(=O)N1CCCC(C(=O)NCCOC)C1. The average Bonchev–Trinajstić information content (AvgIpc) is 2.39. The van der Waals surface area contributed by atoms with E-state index in [1.807, 2.05) is 0 Å². The highest BCUT2D eigenvalue weighted by atomic mass is 16.6. The van der Waals surface area contributed by atoms with Crippen LogP contribution in [0.5, 0.6) is 0 Å². The van der Waals surface area contributed by atoms with Crippen LogP contribution in [-0.2, 0) is 14.3 Å². The first-order chi connectivity index (χ1) is 8.69. The minimum absolute atomic E-state index is 0.0129. The van der Waals surface area contributed by atoms with E-state index in [2.05, 4.69) is 5.32 Å². The summed E-state index contributed by atoms with van der Waals surface area (Å²) in [6.45, 7) is 4.25. The van der Waals surface area contributed by atoms with Gasteiger partial charge in [-0.2, -0.15) is 0 Å². The van der Waals surface area contributed by atoms with Gasteiger partial charge in [-0.25, -0.2) is 4.79 Å². The molecule has 1 heterocycles.